The highest BCUT2D eigenvalue weighted by atomic mass is 32.2. The molecule has 3 rings (SSSR count). The number of aromatic nitrogens is 2. The normalized spacial score (nSPS) is 21.9. The summed E-state index contributed by atoms with van der Waals surface area (Å²) in [5.41, 5.74) is 0.489. The quantitative estimate of drug-likeness (QED) is 0.726. The highest BCUT2D eigenvalue weighted by Crippen LogP contribution is 2.24. The summed E-state index contributed by atoms with van der Waals surface area (Å²) in [4.78, 5) is 17.8. The molecule has 0 fully saturated rings. The Labute approximate surface area is 120 Å². The van der Waals surface area contributed by atoms with E-state index in [2.05, 4.69) is 14.7 Å². The van der Waals surface area contributed by atoms with Crippen molar-refractivity contribution in [3.63, 3.8) is 0 Å². The Morgan fingerprint density at radius 1 is 1.43 bits per heavy atom. The van der Waals surface area contributed by atoms with Crippen LogP contribution < -0.4 is 4.72 Å². The van der Waals surface area contributed by atoms with Crippen molar-refractivity contribution in [2.24, 2.45) is 5.92 Å². The van der Waals surface area contributed by atoms with Crippen molar-refractivity contribution >= 4 is 27.0 Å². The fraction of sp³-hybridized carbons (Fsp3) is 0.231. The summed E-state index contributed by atoms with van der Waals surface area (Å²) in [5, 5.41) is 9.41. The summed E-state index contributed by atoms with van der Waals surface area (Å²) in [6.45, 7) is 0. The largest absolute Gasteiger partial charge is 0.481 e. The van der Waals surface area contributed by atoms with Crippen LogP contribution in [0.1, 0.15) is 6.42 Å². The van der Waals surface area contributed by atoms with E-state index in [1.807, 2.05) is 0 Å². The minimum absolute atomic E-state index is 0.109. The molecule has 2 aromatic rings. The van der Waals surface area contributed by atoms with Crippen LogP contribution in [0.15, 0.2) is 41.6 Å². The van der Waals surface area contributed by atoms with E-state index in [4.69, 9.17) is 5.11 Å². The fourth-order valence-electron chi connectivity index (χ4n) is 2.39. The van der Waals surface area contributed by atoms with Gasteiger partial charge in [-0.25, -0.2) is 18.1 Å². The maximum atomic E-state index is 12.4. The van der Waals surface area contributed by atoms with E-state index in [1.54, 1.807) is 24.4 Å². The van der Waals surface area contributed by atoms with Crippen molar-refractivity contribution in [1.82, 2.24) is 14.7 Å². The number of nitrogens with zero attached hydrogens (tertiary/aromatic N) is 1. The molecule has 0 aliphatic heterocycles. The third-order valence-electron chi connectivity index (χ3n) is 3.41. The lowest BCUT2D eigenvalue weighted by Gasteiger charge is -2.12. The highest BCUT2D eigenvalue weighted by Gasteiger charge is 2.29. The van der Waals surface area contributed by atoms with Crippen LogP contribution in [0.4, 0.5) is 0 Å². The van der Waals surface area contributed by atoms with Crippen LogP contribution in [0.25, 0.3) is 11.0 Å². The number of fused-ring (bicyclic) bond motifs is 1. The Bertz CT molecular complexity index is 825. The molecule has 0 saturated heterocycles. The predicted octanol–water partition coefficient (Wildman–Crippen LogP) is 0.870. The van der Waals surface area contributed by atoms with Crippen LogP contribution in [-0.4, -0.2) is 35.5 Å². The van der Waals surface area contributed by atoms with E-state index in [9.17, 15) is 13.2 Å². The van der Waals surface area contributed by atoms with Crippen LogP contribution in [0.3, 0.4) is 0 Å². The molecule has 3 N–H and O–H groups in total. The van der Waals surface area contributed by atoms with Gasteiger partial charge in [-0.1, -0.05) is 12.2 Å². The molecule has 2 heterocycles. The molecular weight excluding hydrogens is 294 g/mol. The second-order valence-corrected chi connectivity index (χ2v) is 6.53. The van der Waals surface area contributed by atoms with Gasteiger partial charge in [-0.15, -0.1) is 0 Å². The van der Waals surface area contributed by atoms with E-state index >= 15 is 0 Å². The van der Waals surface area contributed by atoms with E-state index in [0.717, 1.165) is 0 Å². The van der Waals surface area contributed by atoms with Crippen molar-refractivity contribution < 1.29 is 18.3 Å². The molecule has 2 aromatic heterocycles. The van der Waals surface area contributed by atoms with Crippen molar-refractivity contribution in [3.05, 3.63) is 36.7 Å². The lowest BCUT2D eigenvalue weighted by atomic mass is 10.1. The van der Waals surface area contributed by atoms with Gasteiger partial charge in [-0.2, -0.15) is 0 Å². The molecule has 0 aromatic carbocycles. The van der Waals surface area contributed by atoms with Crippen LogP contribution in [-0.2, 0) is 14.8 Å². The lowest BCUT2D eigenvalue weighted by Crippen LogP contribution is -2.33. The molecule has 2 unspecified atom stereocenters. The summed E-state index contributed by atoms with van der Waals surface area (Å²) in [5.74, 6) is -1.61. The zero-order valence-electron chi connectivity index (χ0n) is 10.9. The number of nitrogens with one attached hydrogen (secondary N) is 2. The van der Waals surface area contributed by atoms with Gasteiger partial charge in [0.15, 0.2) is 0 Å². The zero-order valence-corrected chi connectivity index (χ0v) is 11.7. The number of pyridine rings is 1. The average molecular weight is 307 g/mol. The Hall–Kier alpha value is -2.19. The Morgan fingerprint density at radius 3 is 2.95 bits per heavy atom. The lowest BCUT2D eigenvalue weighted by molar-refractivity contribution is -0.140. The number of aromatic amines is 1. The van der Waals surface area contributed by atoms with Gasteiger partial charge in [0.25, 0.3) is 0 Å². The van der Waals surface area contributed by atoms with Crippen LogP contribution >= 0.6 is 0 Å². The second kappa shape index (κ2) is 4.97. The van der Waals surface area contributed by atoms with Gasteiger partial charge in [-0.05, 0) is 18.6 Å². The van der Waals surface area contributed by atoms with Gasteiger partial charge in [0.1, 0.15) is 10.5 Å². The first kappa shape index (κ1) is 13.8. The minimum Gasteiger partial charge on any atom is -0.481 e. The minimum atomic E-state index is -3.74. The van der Waals surface area contributed by atoms with Gasteiger partial charge >= 0.3 is 5.97 Å². The molecule has 0 amide bonds. The maximum Gasteiger partial charge on any atom is 0.310 e. The van der Waals surface area contributed by atoms with Crippen LogP contribution in [0.5, 0.6) is 0 Å². The molecular formula is C13H13N3O4S. The average Bonchev–Trinajstić information content (AvgIpc) is 3.04. The Balaban J connectivity index is 1.85. The number of rotatable bonds is 4. The van der Waals surface area contributed by atoms with E-state index in [1.165, 1.54) is 12.3 Å². The van der Waals surface area contributed by atoms with Crippen molar-refractivity contribution in [2.45, 2.75) is 17.4 Å². The summed E-state index contributed by atoms with van der Waals surface area (Å²) in [6.07, 6.45) is 6.25. The second-order valence-electron chi connectivity index (χ2n) is 4.85. The summed E-state index contributed by atoms with van der Waals surface area (Å²) < 4.78 is 27.3. The number of carbonyl (C=O) groups is 1. The Kier molecular flexibility index (Phi) is 3.26. The van der Waals surface area contributed by atoms with Crippen molar-refractivity contribution in [2.75, 3.05) is 0 Å². The third kappa shape index (κ3) is 2.55. The van der Waals surface area contributed by atoms with Gasteiger partial charge in [0, 0.05) is 23.8 Å². The molecule has 7 nitrogen and oxygen atoms in total. The van der Waals surface area contributed by atoms with Gasteiger partial charge in [-0.3, -0.25) is 4.79 Å². The molecule has 2 atom stereocenters. The van der Waals surface area contributed by atoms with Crippen LogP contribution in [0, 0.1) is 5.92 Å². The number of sulfonamides is 1. The summed E-state index contributed by atoms with van der Waals surface area (Å²) in [7, 11) is -3.74. The first-order valence-corrected chi connectivity index (χ1v) is 7.81. The SMILES string of the molecule is O=C(O)C1C=CC(NS(=O)(=O)c2c[nH]c3ncccc23)C1. The smallest absolute Gasteiger partial charge is 0.310 e. The topological polar surface area (TPSA) is 112 Å². The third-order valence-corrected chi connectivity index (χ3v) is 4.94. The molecule has 0 spiro atoms. The molecule has 1 aliphatic rings. The first-order valence-electron chi connectivity index (χ1n) is 6.33. The molecule has 0 bridgehead atoms. The molecule has 1 aliphatic carbocycles. The summed E-state index contributed by atoms with van der Waals surface area (Å²) in [6, 6.07) is 2.81. The molecule has 0 radical (unpaired) electrons. The fourth-order valence-corrected chi connectivity index (χ4v) is 3.75. The number of hydrogen-bond acceptors (Lipinski definition) is 4. The predicted molar refractivity (Wildman–Crippen MR) is 75.1 cm³/mol. The molecule has 8 heteroatoms. The van der Waals surface area contributed by atoms with Crippen LogP contribution in [0.2, 0.25) is 0 Å². The number of carboxylic acid groups (broad SMARTS) is 1. The highest BCUT2D eigenvalue weighted by molar-refractivity contribution is 7.89. The van der Waals surface area contributed by atoms with Crippen molar-refractivity contribution in [1.29, 1.82) is 0 Å². The molecule has 21 heavy (non-hydrogen) atoms. The first-order chi connectivity index (χ1) is 9.97. The number of aliphatic carboxylic acids is 1. The monoisotopic (exact) mass is 307 g/mol. The maximum absolute atomic E-state index is 12.4. The van der Waals surface area contributed by atoms with E-state index in [0.29, 0.717) is 11.0 Å². The Morgan fingerprint density at radius 2 is 2.24 bits per heavy atom. The van der Waals surface area contributed by atoms with E-state index in [-0.39, 0.29) is 11.3 Å². The zero-order chi connectivity index (χ0) is 15.0. The number of hydrogen-bond donors (Lipinski definition) is 3. The molecule has 110 valence electrons. The van der Waals surface area contributed by atoms with E-state index < -0.39 is 28.0 Å². The standard InChI is InChI=1S/C13H13N3O4S/c17-13(18)8-3-4-9(6-8)16-21(19,20)11-7-15-12-10(11)2-1-5-14-12/h1-5,7-9,16H,6H2,(H,14,15)(H,17,18). The van der Waals surface area contributed by atoms with Gasteiger partial charge in [0.2, 0.25) is 10.0 Å². The summed E-state index contributed by atoms with van der Waals surface area (Å²) >= 11 is 0. The van der Waals surface area contributed by atoms with Gasteiger partial charge in [0.05, 0.1) is 5.92 Å². The van der Waals surface area contributed by atoms with Gasteiger partial charge < -0.3 is 10.1 Å². The number of carboxylic acids is 1. The van der Waals surface area contributed by atoms with Crippen molar-refractivity contribution in [3.8, 4) is 0 Å². The number of H-pyrrole nitrogens is 1. The molecule has 0 saturated carbocycles.